The summed E-state index contributed by atoms with van der Waals surface area (Å²) >= 11 is 1.86. The number of thioether (sulfide) groups is 1. The minimum atomic E-state index is 0.731. The third-order valence-corrected chi connectivity index (χ3v) is 2.51. The zero-order valence-corrected chi connectivity index (χ0v) is 6.12. The fourth-order valence-corrected chi connectivity index (χ4v) is 1.62. The monoisotopic (exact) mass is 131 g/mol. The van der Waals surface area contributed by atoms with E-state index in [1.54, 1.807) is 0 Å². The van der Waals surface area contributed by atoms with E-state index in [1.807, 2.05) is 18.7 Å². The minimum absolute atomic E-state index is 0.731. The lowest BCUT2D eigenvalue weighted by Gasteiger charge is -1.98. The molecular formula is C6H11OS. The molecule has 0 saturated carbocycles. The predicted octanol–water partition coefficient (Wildman–Crippen LogP) is 2.04. The second-order valence-corrected chi connectivity index (χ2v) is 3.43. The van der Waals surface area contributed by atoms with Crippen molar-refractivity contribution in [2.45, 2.75) is 25.5 Å². The molecule has 0 amide bonds. The Labute approximate surface area is 54.8 Å². The predicted molar refractivity (Wildman–Crippen MR) is 36.5 cm³/mol. The normalized spacial score (nSPS) is 31.5. The van der Waals surface area contributed by atoms with Crippen LogP contribution < -0.4 is 0 Å². The van der Waals surface area contributed by atoms with Gasteiger partial charge in [-0.1, -0.05) is 6.92 Å². The number of hydrogen-bond donors (Lipinski definition) is 0. The van der Waals surface area contributed by atoms with Gasteiger partial charge in [0.05, 0.1) is 6.61 Å². The van der Waals surface area contributed by atoms with Crippen molar-refractivity contribution in [3.63, 3.8) is 0 Å². The van der Waals surface area contributed by atoms with Gasteiger partial charge in [0.2, 0.25) is 0 Å². The topological polar surface area (TPSA) is 9.23 Å². The van der Waals surface area contributed by atoms with Gasteiger partial charge in [0, 0.05) is 5.25 Å². The van der Waals surface area contributed by atoms with Crippen LogP contribution in [0.1, 0.15) is 20.3 Å². The van der Waals surface area contributed by atoms with Crippen molar-refractivity contribution in [2.75, 3.05) is 6.61 Å². The van der Waals surface area contributed by atoms with Crippen LogP contribution in [0.4, 0.5) is 0 Å². The molecule has 0 N–H and O–H groups in total. The maximum absolute atomic E-state index is 5.24. The summed E-state index contributed by atoms with van der Waals surface area (Å²) in [5.41, 5.74) is 1.14. The van der Waals surface area contributed by atoms with Gasteiger partial charge in [-0.2, -0.15) is 0 Å². The molecule has 1 saturated heterocycles. The lowest BCUT2D eigenvalue weighted by molar-refractivity contribution is 0.208. The van der Waals surface area contributed by atoms with Crippen LogP contribution in [0.15, 0.2) is 0 Å². The zero-order chi connectivity index (χ0) is 5.98. The Morgan fingerprint density at radius 1 is 1.88 bits per heavy atom. The Hall–Kier alpha value is 0.310. The summed E-state index contributed by atoms with van der Waals surface area (Å²) in [4.78, 5) is 0. The van der Waals surface area contributed by atoms with Crippen LogP contribution in [0.2, 0.25) is 0 Å². The van der Waals surface area contributed by atoms with Crippen molar-refractivity contribution in [1.82, 2.24) is 0 Å². The summed E-state index contributed by atoms with van der Waals surface area (Å²) in [6.45, 7) is 5.15. The Morgan fingerprint density at radius 2 is 2.62 bits per heavy atom. The molecule has 0 spiro atoms. The molecule has 2 heteroatoms. The van der Waals surface area contributed by atoms with Gasteiger partial charge in [0.15, 0.2) is 0 Å². The lowest BCUT2D eigenvalue weighted by Crippen LogP contribution is -1.98. The smallest absolute Gasteiger partial charge is 0.149 e. The van der Waals surface area contributed by atoms with Crippen LogP contribution in [0.25, 0.3) is 0 Å². The van der Waals surface area contributed by atoms with Crippen molar-refractivity contribution in [3.05, 3.63) is 5.44 Å². The van der Waals surface area contributed by atoms with Crippen molar-refractivity contribution < 1.29 is 4.74 Å². The van der Waals surface area contributed by atoms with Crippen molar-refractivity contribution in [2.24, 2.45) is 0 Å². The van der Waals surface area contributed by atoms with Crippen LogP contribution in [0.5, 0.6) is 0 Å². The molecule has 1 heterocycles. The second kappa shape index (κ2) is 2.74. The van der Waals surface area contributed by atoms with Crippen molar-refractivity contribution >= 4 is 11.8 Å². The molecule has 0 aromatic carbocycles. The highest BCUT2D eigenvalue weighted by atomic mass is 32.2. The number of hydrogen-bond acceptors (Lipinski definition) is 2. The molecule has 1 unspecified atom stereocenters. The molecule has 1 radical (unpaired) electrons. The molecule has 0 bridgehead atoms. The molecule has 1 aliphatic heterocycles. The van der Waals surface area contributed by atoms with Crippen LogP contribution in [-0.2, 0) is 4.74 Å². The summed E-state index contributed by atoms with van der Waals surface area (Å²) in [6, 6.07) is 0. The van der Waals surface area contributed by atoms with Gasteiger partial charge in [-0.15, -0.1) is 11.8 Å². The molecule has 0 aromatic heterocycles. The van der Waals surface area contributed by atoms with E-state index in [9.17, 15) is 0 Å². The molecule has 0 aliphatic carbocycles. The fourth-order valence-electron chi connectivity index (χ4n) is 0.714. The van der Waals surface area contributed by atoms with E-state index >= 15 is 0 Å². The van der Waals surface area contributed by atoms with Crippen LogP contribution in [-0.4, -0.2) is 11.9 Å². The Kier molecular flexibility index (Phi) is 2.20. The quantitative estimate of drug-likeness (QED) is 0.538. The Morgan fingerprint density at radius 3 is 2.88 bits per heavy atom. The van der Waals surface area contributed by atoms with Crippen molar-refractivity contribution in [1.29, 1.82) is 0 Å². The summed E-state index contributed by atoms with van der Waals surface area (Å²) in [7, 11) is 0. The average Bonchev–Trinajstić information content (AvgIpc) is 2.14. The first kappa shape index (κ1) is 6.43. The SMILES string of the molecule is CCC1CO[C](C)S1. The van der Waals surface area contributed by atoms with E-state index in [0.717, 1.165) is 17.3 Å². The van der Waals surface area contributed by atoms with E-state index in [4.69, 9.17) is 4.74 Å². The summed E-state index contributed by atoms with van der Waals surface area (Å²) in [5, 5.41) is 0.731. The van der Waals surface area contributed by atoms with E-state index in [1.165, 1.54) is 6.42 Å². The number of rotatable bonds is 1. The Bertz CT molecular complexity index is 74.9. The highest BCUT2D eigenvalue weighted by Gasteiger charge is 2.21. The van der Waals surface area contributed by atoms with Gasteiger partial charge in [-0.25, -0.2) is 0 Å². The molecule has 1 atom stereocenters. The molecule has 8 heavy (non-hydrogen) atoms. The molecule has 47 valence electrons. The molecule has 1 nitrogen and oxygen atoms in total. The first-order valence-corrected chi connectivity index (χ1v) is 3.84. The average molecular weight is 131 g/mol. The first-order valence-electron chi connectivity index (χ1n) is 2.96. The van der Waals surface area contributed by atoms with Gasteiger partial charge >= 0.3 is 0 Å². The summed E-state index contributed by atoms with van der Waals surface area (Å²) in [6.07, 6.45) is 1.22. The van der Waals surface area contributed by atoms with E-state index in [2.05, 4.69) is 6.92 Å². The highest BCUT2D eigenvalue weighted by Crippen LogP contribution is 2.34. The van der Waals surface area contributed by atoms with E-state index in [-0.39, 0.29) is 0 Å². The molecule has 0 aromatic rings. The first-order chi connectivity index (χ1) is 3.83. The van der Waals surface area contributed by atoms with Crippen LogP contribution in [0.3, 0.4) is 0 Å². The molecule has 1 aliphatic rings. The van der Waals surface area contributed by atoms with Gasteiger partial charge in [0.1, 0.15) is 5.44 Å². The maximum atomic E-state index is 5.24. The largest absolute Gasteiger partial charge is 0.359 e. The third-order valence-electron chi connectivity index (χ3n) is 1.26. The van der Waals surface area contributed by atoms with Gasteiger partial charge in [-0.05, 0) is 13.3 Å². The summed E-state index contributed by atoms with van der Waals surface area (Å²) < 4.78 is 5.24. The summed E-state index contributed by atoms with van der Waals surface area (Å²) in [5.74, 6) is 0. The molecule has 1 fully saturated rings. The second-order valence-electron chi connectivity index (χ2n) is 1.95. The Balaban J connectivity index is 2.22. The standard InChI is InChI=1S/C6H11OS/c1-3-6-4-7-5(2)8-6/h6H,3-4H2,1-2H3. The van der Waals surface area contributed by atoms with Crippen molar-refractivity contribution in [3.8, 4) is 0 Å². The zero-order valence-electron chi connectivity index (χ0n) is 5.31. The minimum Gasteiger partial charge on any atom is -0.359 e. The van der Waals surface area contributed by atoms with Crippen LogP contribution >= 0.6 is 11.8 Å². The van der Waals surface area contributed by atoms with E-state index < -0.39 is 0 Å². The lowest BCUT2D eigenvalue weighted by atomic mass is 10.3. The highest BCUT2D eigenvalue weighted by molar-refractivity contribution is 8.02. The van der Waals surface area contributed by atoms with Gasteiger partial charge < -0.3 is 4.74 Å². The van der Waals surface area contributed by atoms with E-state index in [0.29, 0.717) is 0 Å². The van der Waals surface area contributed by atoms with Gasteiger partial charge in [-0.3, -0.25) is 0 Å². The van der Waals surface area contributed by atoms with Crippen LogP contribution in [0, 0.1) is 5.44 Å². The maximum Gasteiger partial charge on any atom is 0.149 e. The molecule has 1 rings (SSSR count). The molecular weight excluding hydrogens is 120 g/mol. The van der Waals surface area contributed by atoms with Gasteiger partial charge in [0.25, 0.3) is 0 Å². The fraction of sp³-hybridized carbons (Fsp3) is 0.833. The number of ether oxygens (including phenoxy) is 1. The third kappa shape index (κ3) is 1.39.